The number of hydrogen-bond acceptors (Lipinski definition) is 3. The normalized spacial score (nSPS) is 17.3. The van der Waals surface area contributed by atoms with Crippen LogP contribution in [-0.2, 0) is 6.54 Å². The van der Waals surface area contributed by atoms with Crippen LogP contribution in [0.2, 0.25) is 5.02 Å². The number of rotatable bonds is 6. The van der Waals surface area contributed by atoms with Crippen LogP contribution < -0.4 is 4.90 Å². The summed E-state index contributed by atoms with van der Waals surface area (Å²) in [7, 11) is 0. The quantitative estimate of drug-likeness (QED) is 0.501. The molecule has 1 atom stereocenters. The second-order valence-corrected chi connectivity index (χ2v) is 8.37. The second kappa shape index (κ2) is 9.38. The Hall–Kier alpha value is -1.75. The Morgan fingerprint density at radius 1 is 1.24 bits per heavy atom. The third kappa shape index (κ3) is 5.88. The summed E-state index contributed by atoms with van der Waals surface area (Å²) in [4.78, 5) is 4.02. The Labute approximate surface area is 181 Å². The highest BCUT2D eigenvalue weighted by molar-refractivity contribution is 9.10. The van der Waals surface area contributed by atoms with Crippen molar-refractivity contribution < 1.29 is 13.2 Å². The SMILES string of the molecule is N#Cc1ccc(N(Cc2ccccc2Br)[C@H]2CCN(CCC(F)(F)F)C2)cc1Cl. The molecule has 0 N–H and O–H groups in total. The fourth-order valence-electron chi connectivity index (χ4n) is 3.57. The third-order valence-corrected chi connectivity index (χ3v) is 6.19. The number of halogens is 5. The minimum Gasteiger partial charge on any atom is -0.363 e. The van der Waals surface area contributed by atoms with E-state index in [4.69, 9.17) is 16.9 Å². The zero-order chi connectivity index (χ0) is 21.0. The summed E-state index contributed by atoms with van der Waals surface area (Å²) in [5.74, 6) is 0. The van der Waals surface area contributed by atoms with Crippen LogP contribution in [0, 0.1) is 11.3 Å². The Morgan fingerprint density at radius 2 is 2.00 bits per heavy atom. The van der Waals surface area contributed by atoms with Gasteiger partial charge >= 0.3 is 6.18 Å². The van der Waals surface area contributed by atoms with Crippen LogP contribution in [0.15, 0.2) is 46.9 Å². The molecule has 154 valence electrons. The summed E-state index contributed by atoms with van der Waals surface area (Å²) < 4.78 is 38.8. The average Bonchev–Trinajstić information content (AvgIpc) is 3.14. The first-order valence-electron chi connectivity index (χ1n) is 9.25. The van der Waals surface area contributed by atoms with E-state index in [0.717, 1.165) is 22.1 Å². The van der Waals surface area contributed by atoms with Crippen molar-refractivity contribution in [2.24, 2.45) is 0 Å². The molecule has 1 heterocycles. The van der Waals surface area contributed by atoms with Crippen LogP contribution in [0.5, 0.6) is 0 Å². The molecular formula is C21H20BrClF3N3. The highest BCUT2D eigenvalue weighted by Crippen LogP contribution is 2.31. The van der Waals surface area contributed by atoms with Crippen LogP contribution in [0.4, 0.5) is 18.9 Å². The molecule has 0 unspecified atom stereocenters. The molecule has 0 aliphatic carbocycles. The largest absolute Gasteiger partial charge is 0.390 e. The van der Waals surface area contributed by atoms with E-state index < -0.39 is 12.6 Å². The molecule has 1 aliphatic rings. The summed E-state index contributed by atoms with van der Waals surface area (Å²) in [6.07, 6.45) is -4.18. The predicted molar refractivity (Wildman–Crippen MR) is 112 cm³/mol. The Balaban J connectivity index is 1.83. The third-order valence-electron chi connectivity index (χ3n) is 5.10. The summed E-state index contributed by atoms with van der Waals surface area (Å²) in [6.45, 7) is 1.77. The van der Waals surface area contributed by atoms with Crippen LogP contribution in [0.25, 0.3) is 0 Å². The summed E-state index contributed by atoms with van der Waals surface area (Å²) in [5, 5.41) is 9.51. The minimum atomic E-state index is -4.15. The summed E-state index contributed by atoms with van der Waals surface area (Å²) in [6, 6.07) is 15.3. The van der Waals surface area contributed by atoms with Crippen LogP contribution in [0.3, 0.4) is 0 Å². The smallest absolute Gasteiger partial charge is 0.363 e. The van der Waals surface area contributed by atoms with Crippen molar-refractivity contribution in [1.29, 1.82) is 5.26 Å². The summed E-state index contributed by atoms with van der Waals surface area (Å²) >= 11 is 9.82. The molecule has 29 heavy (non-hydrogen) atoms. The molecule has 0 radical (unpaired) electrons. The van der Waals surface area contributed by atoms with Gasteiger partial charge in [0.1, 0.15) is 6.07 Å². The van der Waals surface area contributed by atoms with Crippen molar-refractivity contribution >= 4 is 33.2 Å². The van der Waals surface area contributed by atoms with E-state index in [1.54, 1.807) is 12.1 Å². The first-order valence-corrected chi connectivity index (χ1v) is 10.4. The topological polar surface area (TPSA) is 30.3 Å². The highest BCUT2D eigenvalue weighted by Gasteiger charge is 2.32. The maximum Gasteiger partial charge on any atom is 0.390 e. The lowest BCUT2D eigenvalue weighted by Crippen LogP contribution is -2.38. The van der Waals surface area contributed by atoms with Crippen molar-refractivity contribution in [2.75, 3.05) is 24.5 Å². The van der Waals surface area contributed by atoms with Gasteiger partial charge in [0.25, 0.3) is 0 Å². The van der Waals surface area contributed by atoms with Crippen molar-refractivity contribution in [3.05, 3.63) is 63.1 Å². The maximum absolute atomic E-state index is 12.6. The van der Waals surface area contributed by atoms with E-state index in [2.05, 4.69) is 26.9 Å². The van der Waals surface area contributed by atoms with Crippen LogP contribution >= 0.6 is 27.5 Å². The lowest BCUT2D eigenvalue weighted by molar-refractivity contribution is -0.137. The molecule has 1 aliphatic heterocycles. The summed E-state index contributed by atoms with van der Waals surface area (Å²) in [5.41, 5.74) is 2.32. The lowest BCUT2D eigenvalue weighted by Gasteiger charge is -2.32. The molecule has 1 saturated heterocycles. The van der Waals surface area contributed by atoms with E-state index in [-0.39, 0.29) is 12.6 Å². The maximum atomic E-state index is 12.6. The van der Waals surface area contributed by atoms with E-state index in [9.17, 15) is 13.2 Å². The van der Waals surface area contributed by atoms with Crippen molar-refractivity contribution in [3.63, 3.8) is 0 Å². The van der Waals surface area contributed by atoms with Gasteiger partial charge < -0.3 is 9.80 Å². The van der Waals surface area contributed by atoms with Gasteiger partial charge in [-0.1, -0.05) is 45.7 Å². The Bertz CT molecular complexity index is 897. The highest BCUT2D eigenvalue weighted by atomic mass is 79.9. The van der Waals surface area contributed by atoms with E-state index in [0.29, 0.717) is 30.2 Å². The molecule has 0 bridgehead atoms. The number of nitrogens with zero attached hydrogens (tertiary/aromatic N) is 3. The molecule has 3 rings (SSSR count). The zero-order valence-electron chi connectivity index (χ0n) is 15.6. The van der Waals surface area contributed by atoms with Gasteiger partial charge in [-0.25, -0.2) is 0 Å². The Kier molecular flexibility index (Phi) is 7.10. The average molecular weight is 487 g/mol. The van der Waals surface area contributed by atoms with Crippen LogP contribution in [0.1, 0.15) is 24.0 Å². The van der Waals surface area contributed by atoms with Gasteiger partial charge in [-0.3, -0.25) is 0 Å². The first-order chi connectivity index (χ1) is 13.8. The minimum absolute atomic E-state index is 0.0109. The lowest BCUT2D eigenvalue weighted by atomic mass is 10.1. The predicted octanol–water partition coefficient (Wildman–Crippen LogP) is 6.01. The fourth-order valence-corrected chi connectivity index (χ4v) is 4.20. The van der Waals surface area contributed by atoms with Gasteiger partial charge in [-0.2, -0.15) is 18.4 Å². The second-order valence-electron chi connectivity index (χ2n) is 7.10. The van der Waals surface area contributed by atoms with Crippen molar-refractivity contribution in [2.45, 2.75) is 31.6 Å². The number of hydrogen-bond donors (Lipinski definition) is 0. The van der Waals surface area contributed by atoms with E-state index in [1.165, 1.54) is 0 Å². The molecular weight excluding hydrogens is 467 g/mol. The fraction of sp³-hybridized carbons (Fsp3) is 0.381. The van der Waals surface area contributed by atoms with Gasteiger partial charge in [0.05, 0.1) is 17.0 Å². The van der Waals surface area contributed by atoms with E-state index in [1.807, 2.05) is 35.2 Å². The molecule has 0 amide bonds. The molecule has 2 aromatic carbocycles. The van der Waals surface area contributed by atoms with Gasteiger partial charge in [0, 0.05) is 42.4 Å². The van der Waals surface area contributed by atoms with Gasteiger partial charge in [-0.15, -0.1) is 0 Å². The number of alkyl halides is 3. The van der Waals surface area contributed by atoms with Crippen molar-refractivity contribution in [3.8, 4) is 6.07 Å². The number of nitriles is 1. The Morgan fingerprint density at radius 3 is 2.66 bits per heavy atom. The molecule has 0 saturated carbocycles. The number of benzene rings is 2. The van der Waals surface area contributed by atoms with Crippen LogP contribution in [-0.4, -0.2) is 36.8 Å². The standard InChI is InChI=1S/C21H20BrClF3N3/c22-19-4-2-1-3-16(19)13-29(17-6-5-15(12-27)20(23)11-17)18-7-9-28(14-18)10-8-21(24,25)26/h1-6,11,18H,7-10,13-14H2/t18-/m0/s1. The first kappa shape index (κ1) is 21.9. The number of anilines is 1. The molecule has 2 aromatic rings. The molecule has 0 aromatic heterocycles. The van der Waals surface area contributed by atoms with Gasteiger partial charge in [-0.05, 0) is 36.2 Å². The molecule has 0 spiro atoms. The zero-order valence-corrected chi connectivity index (χ0v) is 17.9. The molecule has 3 nitrogen and oxygen atoms in total. The van der Waals surface area contributed by atoms with Gasteiger partial charge in [0.15, 0.2) is 0 Å². The number of likely N-dealkylation sites (tertiary alicyclic amines) is 1. The van der Waals surface area contributed by atoms with Gasteiger partial charge in [0.2, 0.25) is 0 Å². The molecule has 1 fully saturated rings. The van der Waals surface area contributed by atoms with E-state index >= 15 is 0 Å². The monoisotopic (exact) mass is 485 g/mol. The molecule has 8 heteroatoms. The van der Waals surface area contributed by atoms with Crippen molar-refractivity contribution in [1.82, 2.24) is 4.90 Å².